The molecule has 0 spiro atoms. The molecule has 2 aliphatic rings. The van der Waals surface area contributed by atoms with Gasteiger partial charge in [0.05, 0.1) is 13.2 Å². The number of nitrogens with zero attached hydrogens (tertiary/aromatic N) is 3. The first-order chi connectivity index (χ1) is 12.2. The molecule has 1 aromatic heterocycles. The maximum atomic E-state index is 12.9. The normalized spacial score (nSPS) is 19.4. The van der Waals surface area contributed by atoms with E-state index in [2.05, 4.69) is 16.5 Å². The number of benzene rings is 1. The average Bonchev–Trinajstić information content (AvgIpc) is 3.17. The second kappa shape index (κ2) is 8.10. The van der Waals surface area contributed by atoms with Crippen molar-refractivity contribution in [3.8, 4) is 5.75 Å². The third-order valence-corrected chi connectivity index (χ3v) is 5.19. The Bertz CT molecular complexity index is 771. The van der Waals surface area contributed by atoms with Gasteiger partial charge in [-0.25, -0.2) is 0 Å². The van der Waals surface area contributed by atoms with Gasteiger partial charge in [-0.3, -0.25) is 9.48 Å². The van der Waals surface area contributed by atoms with E-state index in [1.54, 1.807) is 7.11 Å². The first kappa shape index (κ1) is 18.7. The molecular formula is C19H25ClN4O2. The molecule has 1 atom stereocenters. The van der Waals surface area contributed by atoms with Gasteiger partial charge in [0, 0.05) is 25.8 Å². The number of halogens is 1. The highest BCUT2D eigenvalue weighted by atomic mass is 35.5. The van der Waals surface area contributed by atoms with E-state index in [1.807, 2.05) is 34.0 Å². The van der Waals surface area contributed by atoms with E-state index in [9.17, 15) is 4.79 Å². The number of carbonyl (C=O) groups is 1. The SMILES string of the molecule is COc1ccc2c(c1)CN(C(=O)c1ccn(C3CCCNC3)n1)CC2.Cl. The van der Waals surface area contributed by atoms with E-state index in [0.717, 1.165) is 50.2 Å². The van der Waals surface area contributed by atoms with Crippen LogP contribution in [0.4, 0.5) is 0 Å². The number of fused-ring (bicyclic) bond motifs is 1. The summed E-state index contributed by atoms with van der Waals surface area (Å²) in [7, 11) is 1.67. The van der Waals surface area contributed by atoms with Gasteiger partial charge in [0.15, 0.2) is 0 Å². The highest BCUT2D eigenvalue weighted by molar-refractivity contribution is 5.92. The van der Waals surface area contributed by atoms with Crippen molar-refractivity contribution >= 4 is 18.3 Å². The molecule has 0 radical (unpaired) electrons. The topological polar surface area (TPSA) is 59.4 Å². The molecule has 7 heteroatoms. The van der Waals surface area contributed by atoms with Crippen LogP contribution in [-0.2, 0) is 13.0 Å². The van der Waals surface area contributed by atoms with Crippen LogP contribution in [0.15, 0.2) is 30.5 Å². The lowest BCUT2D eigenvalue weighted by Gasteiger charge is -2.28. The zero-order valence-corrected chi connectivity index (χ0v) is 15.8. The van der Waals surface area contributed by atoms with Crippen molar-refractivity contribution in [2.45, 2.75) is 31.8 Å². The van der Waals surface area contributed by atoms with Crippen LogP contribution >= 0.6 is 12.4 Å². The van der Waals surface area contributed by atoms with Gasteiger partial charge in [0.2, 0.25) is 0 Å². The van der Waals surface area contributed by atoms with Crippen LogP contribution in [0.2, 0.25) is 0 Å². The van der Waals surface area contributed by atoms with E-state index in [1.165, 1.54) is 5.56 Å². The summed E-state index contributed by atoms with van der Waals surface area (Å²) >= 11 is 0. The molecular weight excluding hydrogens is 352 g/mol. The molecule has 1 N–H and O–H groups in total. The quantitative estimate of drug-likeness (QED) is 0.893. The van der Waals surface area contributed by atoms with Crippen LogP contribution in [0.25, 0.3) is 0 Å². The number of nitrogens with one attached hydrogen (secondary N) is 1. The summed E-state index contributed by atoms with van der Waals surface area (Å²) in [4.78, 5) is 14.7. The Hall–Kier alpha value is -2.05. The molecule has 3 heterocycles. The zero-order valence-electron chi connectivity index (χ0n) is 15.0. The van der Waals surface area contributed by atoms with Crippen LogP contribution < -0.4 is 10.1 Å². The molecule has 1 unspecified atom stereocenters. The van der Waals surface area contributed by atoms with E-state index in [-0.39, 0.29) is 18.3 Å². The average molecular weight is 377 g/mol. The van der Waals surface area contributed by atoms with Crippen LogP contribution in [0.1, 0.15) is 40.5 Å². The van der Waals surface area contributed by atoms with Crippen molar-refractivity contribution in [2.24, 2.45) is 0 Å². The molecule has 2 aliphatic heterocycles. The Morgan fingerprint density at radius 3 is 2.96 bits per heavy atom. The molecule has 26 heavy (non-hydrogen) atoms. The number of ether oxygens (including phenoxy) is 1. The number of piperidine rings is 1. The van der Waals surface area contributed by atoms with Gasteiger partial charge in [-0.15, -0.1) is 12.4 Å². The number of carbonyl (C=O) groups excluding carboxylic acids is 1. The van der Waals surface area contributed by atoms with Gasteiger partial charge in [-0.1, -0.05) is 6.07 Å². The summed E-state index contributed by atoms with van der Waals surface area (Å²) in [5.41, 5.74) is 3.00. The standard InChI is InChI=1S/C19H24N4O2.ClH/c1-25-17-5-4-14-6-9-22(13-15(14)11-17)19(24)18-7-10-23(21-18)16-3-2-8-20-12-16;/h4-5,7,10-11,16,20H,2-3,6,8-9,12-13H2,1H3;1H. The highest BCUT2D eigenvalue weighted by Crippen LogP contribution is 2.25. The van der Waals surface area contributed by atoms with Gasteiger partial charge in [-0.2, -0.15) is 5.10 Å². The Morgan fingerprint density at radius 2 is 2.19 bits per heavy atom. The van der Waals surface area contributed by atoms with Crippen molar-refractivity contribution in [1.82, 2.24) is 20.0 Å². The van der Waals surface area contributed by atoms with E-state index in [4.69, 9.17) is 4.74 Å². The van der Waals surface area contributed by atoms with Gasteiger partial charge in [-0.05, 0) is 55.1 Å². The predicted octanol–water partition coefficient (Wildman–Crippen LogP) is 2.44. The molecule has 1 fully saturated rings. The molecule has 1 aromatic carbocycles. The molecule has 2 aromatic rings. The number of amides is 1. The van der Waals surface area contributed by atoms with E-state index >= 15 is 0 Å². The number of methoxy groups -OCH3 is 1. The summed E-state index contributed by atoms with van der Waals surface area (Å²) < 4.78 is 7.25. The molecule has 0 aliphatic carbocycles. The van der Waals surface area contributed by atoms with Gasteiger partial charge >= 0.3 is 0 Å². The van der Waals surface area contributed by atoms with Gasteiger partial charge in [0.25, 0.3) is 5.91 Å². The summed E-state index contributed by atoms with van der Waals surface area (Å²) in [6, 6.07) is 8.30. The largest absolute Gasteiger partial charge is 0.497 e. The fourth-order valence-electron chi connectivity index (χ4n) is 3.71. The summed E-state index contributed by atoms with van der Waals surface area (Å²) in [6.45, 7) is 3.34. The zero-order chi connectivity index (χ0) is 17.2. The Kier molecular flexibility index (Phi) is 5.84. The van der Waals surface area contributed by atoms with Crippen molar-refractivity contribution in [3.05, 3.63) is 47.3 Å². The Balaban J connectivity index is 0.00000196. The molecule has 140 valence electrons. The van der Waals surface area contributed by atoms with E-state index in [0.29, 0.717) is 18.3 Å². The lowest BCUT2D eigenvalue weighted by atomic mass is 9.99. The Morgan fingerprint density at radius 1 is 1.31 bits per heavy atom. The van der Waals surface area contributed by atoms with E-state index < -0.39 is 0 Å². The highest BCUT2D eigenvalue weighted by Gasteiger charge is 2.25. The minimum absolute atomic E-state index is 0. The van der Waals surface area contributed by atoms with Crippen LogP contribution in [0, 0.1) is 0 Å². The molecule has 0 saturated carbocycles. The lowest BCUT2D eigenvalue weighted by Crippen LogP contribution is -2.36. The summed E-state index contributed by atoms with van der Waals surface area (Å²) in [5, 5.41) is 7.95. The fraction of sp³-hybridized carbons (Fsp3) is 0.474. The van der Waals surface area contributed by atoms with Crippen LogP contribution in [-0.4, -0.2) is 47.3 Å². The molecule has 4 rings (SSSR count). The Labute approximate surface area is 159 Å². The maximum Gasteiger partial charge on any atom is 0.274 e. The van der Waals surface area contributed by atoms with Crippen LogP contribution in [0.3, 0.4) is 0 Å². The third-order valence-electron chi connectivity index (χ3n) is 5.19. The maximum absolute atomic E-state index is 12.9. The van der Waals surface area contributed by atoms with Crippen molar-refractivity contribution < 1.29 is 9.53 Å². The predicted molar refractivity (Wildman–Crippen MR) is 102 cm³/mol. The molecule has 0 bridgehead atoms. The van der Waals surface area contributed by atoms with Crippen molar-refractivity contribution in [2.75, 3.05) is 26.7 Å². The first-order valence-corrected chi connectivity index (χ1v) is 8.95. The second-order valence-electron chi connectivity index (χ2n) is 6.79. The monoisotopic (exact) mass is 376 g/mol. The van der Waals surface area contributed by atoms with Gasteiger partial charge < -0.3 is 15.0 Å². The number of hydrogen-bond donors (Lipinski definition) is 1. The van der Waals surface area contributed by atoms with Crippen molar-refractivity contribution in [1.29, 1.82) is 0 Å². The fourth-order valence-corrected chi connectivity index (χ4v) is 3.71. The summed E-state index contributed by atoms with van der Waals surface area (Å²) in [6.07, 6.45) is 5.07. The van der Waals surface area contributed by atoms with Crippen LogP contribution in [0.5, 0.6) is 5.75 Å². The second-order valence-corrected chi connectivity index (χ2v) is 6.79. The van der Waals surface area contributed by atoms with Crippen molar-refractivity contribution in [3.63, 3.8) is 0 Å². The minimum atomic E-state index is 0. The lowest BCUT2D eigenvalue weighted by molar-refractivity contribution is 0.0727. The molecule has 1 saturated heterocycles. The third kappa shape index (κ3) is 3.71. The van der Waals surface area contributed by atoms with Gasteiger partial charge in [0.1, 0.15) is 11.4 Å². The number of hydrogen-bond acceptors (Lipinski definition) is 4. The minimum Gasteiger partial charge on any atom is -0.497 e. The smallest absolute Gasteiger partial charge is 0.274 e. The summed E-state index contributed by atoms with van der Waals surface area (Å²) in [5.74, 6) is 0.845. The molecule has 1 amide bonds. The number of aromatic nitrogens is 2. The first-order valence-electron chi connectivity index (χ1n) is 8.95. The number of rotatable bonds is 3. The molecule has 6 nitrogen and oxygen atoms in total.